The Morgan fingerprint density at radius 1 is 1.29 bits per heavy atom. The Bertz CT molecular complexity index is 342. The molecular weight excluding hydrogens is 224 g/mol. The maximum atomic E-state index is 12.1. The Labute approximate surface area is 101 Å². The maximum absolute atomic E-state index is 12.1. The summed E-state index contributed by atoms with van der Waals surface area (Å²) in [5.41, 5.74) is 0.809. The van der Waals surface area contributed by atoms with Crippen molar-refractivity contribution in [3.8, 4) is 5.75 Å². The van der Waals surface area contributed by atoms with Crippen molar-refractivity contribution in [1.29, 1.82) is 0 Å². The predicted octanol–water partition coefficient (Wildman–Crippen LogP) is 4.13. The van der Waals surface area contributed by atoms with Gasteiger partial charge in [0.15, 0.2) is 0 Å². The van der Waals surface area contributed by atoms with E-state index in [1.807, 2.05) is 6.07 Å². The van der Waals surface area contributed by atoms with Crippen LogP contribution in [0.15, 0.2) is 24.3 Å². The zero-order chi connectivity index (χ0) is 12.8. The zero-order valence-electron chi connectivity index (χ0n) is 10.4. The van der Waals surface area contributed by atoms with Crippen LogP contribution in [0.4, 0.5) is 14.5 Å². The fourth-order valence-electron chi connectivity index (χ4n) is 1.72. The van der Waals surface area contributed by atoms with Crippen LogP contribution in [0.1, 0.15) is 27.2 Å². The standard InChI is InChI=1S/C13H19F2NO/c1-4-12(9(2)3)16-10-6-5-7-11(8-10)17-13(14)15/h5-9,12-13,16H,4H2,1-3H3. The molecule has 0 aliphatic heterocycles. The van der Waals surface area contributed by atoms with E-state index in [-0.39, 0.29) is 5.75 Å². The van der Waals surface area contributed by atoms with Crippen LogP contribution < -0.4 is 10.1 Å². The van der Waals surface area contributed by atoms with Crippen LogP contribution >= 0.6 is 0 Å². The molecule has 4 heteroatoms. The van der Waals surface area contributed by atoms with Crippen molar-refractivity contribution in [2.45, 2.75) is 39.8 Å². The first-order valence-electron chi connectivity index (χ1n) is 5.84. The lowest BCUT2D eigenvalue weighted by atomic mass is 10.0. The van der Waals surface area contributed by atoms with E-state index in [0.29, 0.717) is 12.0 Å². The fraction of sp³-hybridized carbons (Fsp3) is 0.538. The Morgan fingerprint density at radius 3 is 2.53 bits per heavy atom. The molecule has 0 radical (unpaired) electrons. The first-order chi connectivity index (χ1) is 8.02. The minimum Gasteiger partial charge on any atom is -0.435 e. The summed E-state index contributed by atoms with van der Waals surface area (Å²) in [6.45, 7) is 3.57. The Balaban J connectivity index is 2.70. The summed E-state index contributed by atoms with van der Waals surface area (Å²) in [7, 11) is 0. The highest BCUT2D eigenvalue weighted by atomic mass is 19.3. The van der Waals surface area contributed by atoms with Gasteiger partial charge in [0, 0.05) is 17.8 Å². The van der Waals surface area contributed by atoms with Gasteiger partial charge >= 0.3 is 6.61 Å². The Morgan fingerprint density at radius 2 is 2.00 bits per heavy atom. The third kappa shape index (κ3) is 4.59. The normalized spacial score (nSPS) is 12.9. The number of alkyl halides is 2. The largest absolute Gasteiger partial charge is 0.435 e. The van der Waals surface area contributed by atoms with E-state index >= 15 is 0 Å². The van der Waals surface area contributed by atoms with Crippen molar-refractivity contribution in [3.05, 3.63) is 24.3 Å². The highest BCUT2D eigenvalue weighted by Gasteiger charge is 2.11. The molecule has 0 aromatic heterocycles. The molecule has 0 saturated heterocycles. The summed E-state index contributed by atoms with van der Waals surface area (Å²) >= 11 is 0. The SMILES string of the molecule is CCC(Nc1cccc(OC(F)F)c1)C(C)C. The highest BCUT2D eigenvalue weighted by molar-refractivity contribution is 5.48. The number of ether oxygens (including phenoxy) is 1. The molecule has 1 rings (SSSR count). The second kappa shape index (κ2) is 6.42. The Kier molecular flexibility index (Phi) is 5.19. The molecule has 17 heavy (non-hydrogen) atoms. The van der Waals surface area contributed by atoms with Crippen molar-refractivity contribution in [1.82, 2.24) is 0 Å². The number of rotatable bonds is 6. The second-order valence-corrected chi connectivity index (χ2v) is 4.31. The van der Waals surface area contributed by atoms with Crippen LogP contribution in [0.25, 0.3) is 0 Å². The lowest BCUT2D eigenvalue weighted by Gasteiger charge is -2.22. The van der Waals surface area contributed by atoms with Crippen LogP contribution in [0.2, 0.25) is 0 Å². The van der Waals surface area contributed by atoms with Gasteiger partial charge in [-0.3, -0.25) is 0 Å². The highest BCUT2D eigenvalue weighted by Crippen LogP contribution is 2.21. The van der Waals surface area contributed by atoms with E-state index in [0.717, 1.165) is 12.1 Å². The van der Waals surface area contributed by atoms with E-state index in [2.05, 4.69) is 30.8 Å². The summed E-state index contributed by atoms with van der Waals surface area (Å²) in [5, 5.41) is 3.32. The minimum atomic E-state index is -2.78. The topological polar surface area (TPSA) is 21.3 Å². The van der Waals surface area contributed by atoms with Crippen molar-refractivity contribution < 1.29 is 13.5 Å². The maximum Gasteiger partial charge on any atom is 0.387 e. The van der Waals surface area contributed by atoms with E-state index in [1.165, 1.54) is 6.07 Å². The van der Waals surface area contributed by atoms with Gasteiger partial charge in [-0.25, -0.2) is 0 Å². The summed E-state index contributed by atoms with van der Waals surface area (Å²) in [6, 6.07) is 7.00. The smallest absolute Gasteiger partial charge is 0.387 e. The van der Waals surface area contributed by atoms with Gasteiger partial charge in [0.1, 0.15) is 5.75 Å². The van der Waals surface area contributed by atoms with Crippen LogP contribution in [-0.4, -0.2) is 12.7 Å². The van der Waals surface area contributed by atoms with Gasteiger partial charge in [-0.2, -0.15) is 8.78 Å². The van der Waals surface area contributed by atoms with E-state index in [4.69, 9.17) is 0 Å². The molecule has 0 heterocycles. The molecule has 1 aromatic carbocycles. The van der Waals surface area contributed by atoms with Crippen LogP contribution in [-0.2, 0) is 0 Å². The average Bonchev–Trinajstić information content (AvgIpc) is 2.25. The molecule has 0 aliphatic rings. The summed E-state index contributed by atoms with van der Waals surface area (Å²) in [6.07, 6.45) is 0.984. The second-order valence-electron chi connectivity index (χ2n) is 4.31. The summed E-state index contributed by atoms with van der Waals surface area (Å²) in [5.74, 6) is 0.670. The molecule has 0 bridgehead atoms. The Hall–Kier alpha value is -1.32. The van der Waals surface area contributed by atoms with Crippen molar-refractivity contribution >= 4 is 5.69 Å². The lowest BCUT2D eigenvalue weighted by molar-refractivity contribution is -0.0498. The van der Waals surface area contributed by atoms with Crippen LogP contribution in [0, 0.1) is 5.92 Å². The lowest BCUT2D eigenvalue weighted by Crippen LogP contribution is -2.24. The zero-order valence-corrected chi connectivity index (χ0v) is 10.4. The minimum absolute atomic E-state index is 0.184. The van der Waals surface area contributed by atoms with Gasteiger partial charge in [0.05, 0.1) is 0 Å². The molecule has 0 aliphatic carbocycles. The van der Waals surface area contributed by atoms with Crippen molar-refractivity contribution in [2.75, 3.05) is 5.32 Å². The van der Waals surface area contributed by atoms with Gasteiger partial charge < -0.3 is 10.1 Å². The third-order valence-corrected chi connectivity index (χ3v) is 2.66. The first kappa shape index (κ1) is 13.7. The number of benzene rings is 1. The number of hydrogen-bond donors (Lipinski definition) is 1. The predicted molar refractivity (Wildman–Crippen MR) is 65.6 cm³/mol. The van der Waals surface area contributed by atoms with Crippen molar-refractivity contribution in [3.63, 3.8) is 0 Å². The molecule has 0 spiro atoms. The summed E-state index contributed by atoms with van der Waals surface area (Å²) in [4.78, 5) is 0. The van der Waals surface area contributed by atoms with Crippen LogP contribution in [0.3, 0.4) is 0 Å². The van der Waals surface area contributed by atoms with E-state index in [9.17, 15) is 8.78 Å². The molecule has 0 amide bonds. The van der Waals surface area contributed by atoms with Crippen LogP contribution in [0.5, 0.6) is 5.75 Å². The number of nitrogens with one attached hydrogen (secondary N) is 1. The van der Waals surface area contributed by atoms with E-state index in [1.54, 1.807) is 12.1 Å². The quantitative estimate of drug-likeness (QED) is 0.811. The van der Waals surface area contributed by atoms with Gasteiger partial charge in [-0.05, 0) is 24.5 Å². The molecule has 2 nitrogen and oxygen atoms in total. The van der Waals surface area contributed by atoms with Gasteiger partial charge in [0.25, 0.3) is 0 Å². The fourth-order valence-corrected chi connectivity index (χ4v) is 1.72. The van der Waals surface area contributed by atoms with Crippen molar-refractivity contribution in [2.24, 2.45) is 5.92 Å². The van der Waals surface area contributed by atoms with Gasteiger partial charge in [-0.1, -0.05) is 26.8 Å². The van der Waals surface area contributed by atoms with Gasteiger partial charge in [-0.15, -0.1) is 0 Å². The first-order valence-corrected chi connectivity index (χ1v) is 5.84. The molecule has 1 atom stereocenters. The van der Waals surface area contributed by atoms with E-state index < -0.39 is 6.61 Å². The molecule has 1 unspecified atom stereocenters. The molecule has 96 valence electrons. The molecule has 0 fully saturated rings. The van der Waals surface area contributed by atoms with Gasteiger partial charge in [0.2, 0.25) is 0 Å². The molecule has 1 aromatic rings. The molecular formula is C13H19F2NO. The average molecular weight is 243 g/mol. The number of hydrogen-bond acceptors (Lipinski definition) is 2. The third-order valence-electron chi connectivity index (χ3n) is 2.66. The molecule has 0 saturated carbocycles. The molecule has 1 N–H and O–H groups in total. The number of anilines is 1. The monoisotopic (exact) mass is 243 g/mol. The number of halogens is 2. The summed E-state index contributed by atoms with van der Waals surface area (Å²) < 4.78 is 28.5.